The Labute approximate surface area is 89.4 Å². The van der Waals surface area contributed by atoms with E-state index in [0.717, 1.165) is 31.2 Å². The van der Waals surface area contributed by atoms with Crippen LogP contribution in [0.5, 0.6) is 0 Å². The molecular weight excluding hydrogens is 190 g/mol. The number of methoxy groups -OCH3 is 1. The minimum atomic E-state index is -0.346. The van der Waals surface area contributed by atoms with Crippen LogP contribution in [0.25, 0.3) is 0 Å². The van der Waals surface area contributed by atoms with Crippen molar-refractivity contribution in [2.24, 2.45) is 0 Å². The van der Waals surface area contributed by atoms with Gasteiger partial charge in [0.1, 0.15) is 12.0 Å². The van der Waals surface area contributed by atoms with Gasteiger partial charge in [0.15, 0.2) is 0 Å². The Morgan fingerprint density at radius 2 is 2.13 bits per heavy atom. The molecule has 0 aromatic heterocycles. The highest BCUT2D eigenvalue weighted by Crippen LogP contribution is 2.31. The van der Waals surface area contributed by atoms with Gasteiger partial charge in [-0.25, -0.2) is 0 Å². The van der Waals surface area contributed by atoms with E-state index in [2.05, 4.69) is 5.32 Å². The fraction of sp³-hybridized carbons (Fsp3) is 0.417. The number of hydrogen-bond donors (Lipinski definition) is 1. The molecule has 0 amide bonds. The zero-order valence-electron chi connectivity index (χ0n) is 8.82. The van der Waals surface area contributed by atoms with Crippen molar-refractivity contribution >= 4 is 6.29 Å². The summed E-state index contributed by atoms with van der Waals surface area (Å²) in [5.41, 5.74) is 1.44. The molecule has 1 aromatic carbocycles. The highest BCUT2D eigenvalue weighted by atomic mass is 16.5. The van der Waals surface area contributed by atoms with E-state index in [1.165, 1.54) is 0 Å². The van der Waals surface area contributed by atoms with Gasteiger partial charge < -0.3 is 4.74 Å². The van der Waals surface area contributed by atoms with Crippen LogP contribution in [0.2, 0.25) is 0 Å². The highest BCUT2D eigenvalue weighted by Gasteiger charge is 2.34. The summed E-state index contributed by atoms with van der Waals surface area (Å²) < 4.78 is 5.56. The van der Waals surface area contributed by atoms with Crippen molar-refractivity contribution in [2.45, 2.75) is 18.6 Å². The summed E-state index contributed by atoms with van der Waals surface area (Å²) >= 11 is 0. The largest absolute Gasteiger partial charge is 0.360 e. The van der Waals surface area contributed by atoms with Crippen molar-refractivity contribution in [1.82, 2.24) is 5.32 Å². The minimum absolute atomic E-state index is 0.346. The van der Waals surface area contributed by atoms with Gasteiger partial charge in [-0.2, -0.15) is 0 Å². The van der Waals surface area contributed by atoms with Gasteiger partial charge in [-0.15, -0.1) is 0 Å². The third-order valence-electron chi connectivity index (χ3n) is 2.98. The lowest BCUT2D eigenvalue weighted by Crippen LogP contribution is -2.38. The average Bonchev–Trinajstić information content (AvgIpc) is 2.79. The maximum absolute atomic E-state index is 10.5. The van der Waals surface area contributed by atoms with E-state index in [1.807, 2.05) is 24.3 Å². The average molecular weight is 205 g/mol. The van der Waals surface area contributed by atoms with Crippen LogP contribution in [0, 0.1) is 0 Å². The Kier molecular flexibility index (Phi) is 2.84. The number of aldehydes is 1. The molecule has 1 aliphatic rings. The number of nitrogens with one attached hydrogen (secondary N) is 1. The van der Waals surface area contributed by atoms with Crippen molar-refractivity contribution in [1.29, 1.82) is 0 Å². The molecule has 1 atom stereocenters. The normalized spacial score (nSPS) is 25.4. The van der Waals surface area contributed by atoms with Crippen LogP contribution < -0.4 is 5.32 Å². The minimum Gasteiger partial charge on any atom is -0.360 e. The Hall–Kier alpha value is -1.19. The molecule has 0 spiro atoms. The first-order valence-electron chi connectivity index (χ1n) is 5.17. The van der Waals surface area contributed by atoms with E-state index in [4.69, 9.17) is 4.74 Å². The summed E-state index contributed by atoms with van der Waals surface area (Å²) in [5, 5.41) is 3.36. The molecule has 1 aliphatic heterocycles. The fourth-order valence-electron chi connectivity index (χ4n) is 2.09. The molecule has 1 N–H and O–H groups in total. The Morgan fingerprint density at radius 1 is 1.40 bits per heavy atom. The molecule has 0 unspecified atom stereocenters. The van der Waals surface area contributed by atoms with E-state index in [9.17, 15) is 4.79 Å². The number of rotatable bonds is 3. The maximum Gasteiger partial charge on any atom is 0.150 e. The first kappa shape index (κ1) is 10.3. The third kappa shape index (κ3) is 1.80. The number of benzene rings is 1. The van der Waals surface area contributed by atoms with Gasteiger partial charge in [0.25, 0.3) is 0 Å². The van der Waals surface area contributed by atoms with E-state index >= 15 is 0 Å². The van der Waals surface area contributed by atoms with Gasteiger partial charge in [0.05, 0.1) is 0 Å². The zero-order chi connectivity index (χ0) is 10.7. The van der Waals surface area contributed by atoms with E-state index in [0.29, 0.717) is 5.56 Å². The van der Waals surface area contributed by atoms with Crippen LogP contribution in [0.3, 0.4) is 0 Å². The molecule has 0 bridgehead atoms. The molecule has 15 heavy (non-hydrogen) atoms. The van der Waals surface area contributed by atoms with Crippen molar-refractivity contribution in [3.8, 4) is 0 Å². The van der Waals surface area contributed by atoms with Crippen molar-refractivity contribution in [3.05, 3.63) is 35.4 Å². The first-order chi connectivity index (χ1) is 7.30. The lowest BCUT2D eigenvalue weighted by atomic mass is 10.00. The highest BCUT2D eigenvalue weighted by molar-refractivity contribution is 5.74. The van der Waals surface area contributed by atoms with Gasteiger partial charge in [-0.05, 0) is 24.9 Å². The van der Waals surface area contributed by atoms with Crippen LogP contribution in [0.4, 0.5) is 0 Å². The molecule has 80 valence electrons. The smallest absolute Gasteiger partial charge is 0.150 e. The monoisotopic (exact) mass is 205 g/mol. The number of carbonyl (C=O) groups is 1. The standard InChI is InChI=1S/C12H15NO2/c1-15-12(7-2-8-13-12)11-5-3-10(9-14)4-6-11/h3-6,9,13H,2,7-8H2,1H3/t12-/m0/s1. The summed E-state index contributed by atoms with van der Waals surface area (Å²) in [5.74, 6) is 0. The predicted molar refractivity (Wildman–Crippen MR) is 57.8 cm³/mol. The maximum atomic E-state index is 10.5. The van der Waals surface area contributed by atoms with Gasteiger partial charge in [0, 0.05) is 12.7 Å². The van der Waals surface area contributed by atoms with Crippen LogP contribution in [-0.4, -0.2) is 19.9 Å². The van der Waals surface area contributed by atoms with Crippen molar-refractivity contribution < 1.29 is 9.53 Å². The second-order valence-electron chi connectivity index (χ2n) is 3.80. The molecule has 1 saturated heterocycles. The molecule has 3 nitrogen and oxygen atoms in total. The summed E-state index contributed by atoms with van der Waals surface area (Å²) in [6.07, 6.45) is 2.94. The summed E-state index contributed by atoms with van der Waals surface area (Å²) in [6.45, 7) is 0.975. The van der Waals surface area contributed by atoms with Gasteiger partial charge >= 0.3 is 0 Å². The van der Waals surface area contributed by atoms with Crippen LogP contribution in [0.15, 0.2) is 24.3 Å². The Balaban J connectivity index is 2.30. The molecule has 1 aromatic rings. The van der Waals surface area contributed by atoms with Gasteiger partial charge in [0.2, 0.25) is 0 Å². The molecule has 1 heterocycles. The topological polar surface area (TPSA) is 38.3 Å². The third-order valence-corrected chi connectivity index (χ3v) is 2.98. The molecule has 0 aliphatic carbocycles. The predicted octanol–water partition coefficient (Wildman–Crippen LogP) is 1.68. The van der Waals surface area contributed by atoms with Crippen LogP contribution >= 0.6 is 0 Å². The number of carbonyl (C=O) groups excluding carboxylic acids is 1. The SMILES string of the molecule is CO[C@]1(c2ccc(C=O)cc2)CCCN1. The molecule has 2 rings (SSSR count). The van der Waals surface area contributed by atoms with Crippen molar-refractivity contribution in [3.63, 3.8) is 0 Å². The van der Waals surface area contributed by atoms with Gasteiger partial charge in [-0.1, -0.05) is 24.3 Å². The van der Waals surface area contributed by atoms with E-state index in [1.54, 1.807) is 7.11 Å². The first-order valence-corrected chi connectivity index (χ1v) is 5.17. The summed E-state index contributed by atoms with van der Waals surface area (Å²) in [6, 6.07) is 7.54. The lowest BCUT2D eigenvalue weighted by molar-refractivity contribution is -0.0286. The van der Waals surface area contributed by atoms with Crippen LogP contribution in [-0.2, 0) is 10.5 Å². The van der Waals surface area contributed by atoms with E-state index in [-0.39, 0.29) is 5.72 Å². The molecule has 1 fully saturated rings. The zero-order valence-corrected chi connectivity index (χ0v) is 8.82. The Bertz CT molecular complexity index is 339. The molecule has 3 heteroatoms. The second kappa shape index (κ2) is 4.13. The molecule has 0 radical (unpaired) electrons. The Morgan fingerprint density at radius 3 is 2.60 bits per heavy atom. The molecule has 0 saturated carbocycles. The number of ether oxygens (including phenoxy) is 1. The molecular formula is C12H15NO2. The lowest BCUT2D eigenvalue weighted by Gasteiger charge is -2.28. The fourth-order valence-corrected chi connectivity index (χ4v) is 2.09. The van der Waals surface area contributed by atoms with Crippen molar-refractivity contribution in [2.75, 3.05) is 13.7 Å². The summed E-state index contributed by atoms with van der Waals surface area (Å²) in [7, 11) is 1.71. The quantitative estimate of drug-likeness (QED) is 0.763. The van der Waals surface area contributed by atoms with Gasteiger partial charge in [-0.3, -0.25) is 10.1 Å². The van der Waals surface area contributed by atoms with E-state index < -0.39 is 0 Å². The van der Waals surface area contributed by atoms with Crippen LogP contribution in [0.1, 0.15) is 28.8 Å². The number of hydrogen-bond acceptors (Lipinski definition) is 3. The summed E-state index contributed by atoms with van der Waals surface area (Å²) in [4.78, 5) is 10.5. The second-order valence-corrected chi connectivity index (χ2v) is 3.80.